The Morgan fingerprint density at radius 1 is 1.24 bits per heavy atom. The molecule has 0 radical (unpaired) electrons. The van der Waals surface area contributed by atoms with Crippen LogP contribution in [0.3, 0.4) is 0 Å². The van der Waals surface area contributed by atoms with Gasteiger partial charge in [-0.2, -0.15) is 0 Å². The number of hydrogen-bond acceptors (Lipinski definition) is 6. The van der Waals surface area contributed by atoms with Gasteiger partial charge in [0.05, 0.1) is 24.3 Å². The number of benzene rings is 1. The number of ether oxygens (including phenoxy) is 2. The molecule has 9 heteroatoms. The van der Waals surface area contributed by atoms with E-state index in [1.807, 2.05) is 13.0 Å². The standard InChI is InChI=1S/C25H27FN4O4/c1-3-29-23(31)11-16-4-5-19(26)18(24(16)29)12-27-9-8-17-13-30(25(32)34-17)22-7-6-21-20(28-22)10-15(2)14-33-21/h4-7,17,27H,2-3,8-14H2,1H3. The fourth-order valence-corrected chi connectivity index (χ4v) is 4.71. The minimum atomic E-state index is -0.433. The number of carbonyl (C=O) groups excluding carboxylic acids is 2. The largest absolute Gasteiger partial charge is 0.487 e. The van der Waals surface area contributed by atoms with Crippen LogP contribution in [0, 0.1) is 5.82 Å². The van der Waals surface area contributed by atoms with E-state index in [4.69, 9.17) is 9.47 Å². The Hall–Kier alpha value is -3.46. The van der Waals surface area contributed by atoms with Gasteiger partial charge >= 0.3 is 6.09 Å². The number of pyridine rings is 1. The highest BCUT2D eigenvalue weighted by molar-refractivity contribution is 6.02. The molecule has 178 valence electrons. The van der Waals surface area contributed by atoms with Crippen molar-refractivity contribution in [3.63, 3.8) is 0 Å². The molecule has 1 N–H and O–H groups in total. The number of fused-ring (bicyclic) bond motifs is 2. The Kier molecular flexibility index (Phi) is 5.95. The Morgan fingerprint density at radius 2 is 2.09 bits per heavy atom. The van der Waals surface area contributed by atoms with E-state index >= 15 is 0 Å². The molecule has 0 bridgehead atoms. The number of aromatic nitrogens is 1. The minimum Gasteiger partial charge on any atom is -0.487 e. The quantitative estimate of drug-likeness (QED) is 0.499. The van der Waals surface area contributed by atoms with Crippen molar-refractivity contribution < 1.29 is 23.5 Å². The number of cyclic esters (lactones) is 1. The van der Waals surface area contributed by atoms with Gasteiger partial charge in [-0.25, -0.2) is 14.2 Å². The van der Waals surface area contributed by atoms with Gasteiger partial charge in [-0.05, 0) is 49.2 Å². The van der Waals surface area contributed by atoms with Crippen LogP contribution in [0.2, 0.25) is 0 Å². The van der Waals surface area contributed by atoms with Gasteiger partial charge in [0.1, 0.15) is 30.1 Å². The highest BCUT2D eigenvalue weighted by Gasteiger charge is 2.34. The molecule has 1 saturated heterocycles. The van der Waals surface area contributed by atoms with Gasteiger partial charge in [-0.15, -0.1) is 0 Å². The number of nitrogens with zero attached hydrogens (tertiary/aromatic N) is 3. The number of amides is 2. The summed E-state index contributed by atoms with van der Waals surface area (Å²) in [6, 6.07) is 6.69. The summed E-state index contributed by atoms with van der Waals surface area (Å²) in [4.78, 5) is 32.4. The van der Waals surface area contributed by atoms with Crippen LogP contribution in [0.15, 0.2) is 36.4 Å². The molecule has 1 aromatic carbocycles. The van der Waals surface area contributed by atoms with E-state index in [2.05, 4.69) is 16.9 Å². The second-order valence-electron chi connectivity index (χ2n) is 8.76. The Bertz CT molecular complexity index is 1170. The Balaban J connectivity index is 1.18. The first-order valence-corrected chi connectivity index (χ1v) is 11.5. The molecule has 1 fully saturated rings. The zero-order valence-electron chi connectivity index (χ0n) is 19.1. The highest BCUT2D eigenvalue weighted by atomic mass is 19.1. The lowest BCUT2D eigenvalue weighted by Crippen LogP contribution is -2.29. The topological polar surface area (TPSA) is 84.0 Å². The van der Waals surface area contributed by atoms with E-state index in [1.54, 1.807) is 17.0 Å². The molecule has 1 unspecified atom stereocenters. The highest BCUT2D eigenvalue weighted by Crippen LogP contribution is 2.34. The van der Waals surface area contributed by atoms with Crippen LogP contribution in [0.1, 0.15) is 30.2 Å². The molecule has 2 aromatic rings. The molecule has 34 heavy (non-hydrogen) atoms. The molecule has 0 saturated carbocycles. The van der Waals surface area contributed by atoms with Crippen molar-refractivity contribution in [3.8, 4) is 5.75 Å². The third kappa shape index (κ3) is 4.11. The zero-order chi connectivity index (χ0) is 23.8. The molecule has 5 rings (SSSR count). The van der Waals surface area contributed by atoms with Crippen LogP contribution in [0.4, 0.5) is 20.7 Å². The van der Waals surface area contributed by atoms with Crippen molar-refractivity contribution in [1.82, 2.24) is 10.3 Å². The third-order valence-corrected chi connectivity index (χ3v) is 6.40. The van der Waals surface area contributed by atoms with E-state index in [1.165, 1.54) is 11.0 Å². The predicted octanol–water partition coefficient (Wildman–Crippen LogP) is 3.13. The summed E-state index contributed by atoms with van der Waals surface area (Å²) in [5.41, 5.74) is 3.75. The maximum absolute atomic E-state index is 14.6. The van der Waals surface area contributed by atoms with Crippen LogP contribution in [0.5, 0.6) is 5.75 Å². The van der Waals surface area contributed by atoms with Gasteiger partial charge in [0.15, 0.2) is 0 Å². The van der Waals surface area contributed by atoms with Crippen LogP contribution in [-0.4, -0.2) is 49.3 Å². The van der Waals surface area contributed by atoms with Gasteiger partial charge in [-0.3, -0.25) is 9.69 Å². The predicted molar refractivity (Wildman–Crippen MR) is 125 cm³/mol. The van der Waals surface area contributed by atoms with E-state index in [-0.39, 0.29) is 17.8 Å². The molecule has 0 aliphatic carbocycles. The van der Waals surface area contributed by atoms with Crippen molar-refractivity contribution in [2.75, 3.05) is 36.0 Å². The summed E-state index contributed by atoms with van der Waals surface area (Å²) >= 11 is 0. The molecule has 0 spiro atoms. The lowest BCUT2D eigenvalue weighted by Gasteiger charge is -2.20. The van der Waals surface area contributed by atoms with Crippen LogP contribution < -0.4 is 19.9 Å². The van der Waals surface area contributed by atoms with E-state index < -0.39 is 6.09 Å². The van der Waals surface area contributed by atoms with Crippen molar-refractivity contribution in [3.05, 3.63) is 59.1 Å². The summed E-state index contributed by atoms with van der Waals surface area (Å²) in [6.07, 6.45) is 0.767. The molecule has 4 heterocycles. The van der Waals surface area contributed by atoms with Crippen LogP contribution >= 0.6 is 0 Å². The molecule has 2 amide bonds. The number of halogens is 1. The monoisotopic (exact) mass is 466 g/mol. The van der Waals surface area contributed by atoms with Gasteiger partial charge < -0.3 is 19.7 Å². The summed E-state index contributed by atoms with van der Waals surface area (Å²) in [5.74, 6) is 0.910. The maximum atomic E-state index is 14.6. The van der Waals surface area contributed by atoms with Crippen molar-refractivity contribution in [2.24, 2.45) is 0 Å². The normalized spacial score (nSPS) is 19.2. The molecule has 8 nitrogen and oxygen atoms in total. The second-order valence-corrected chi connectivity index (χ2v) is 8.76. The fourth-order valence-electron chi connectivity index (χ4n) is 4.71. The zero-order valence-corrected chi connectivity index (χ0v) is 19.1. The lowest BCUT2D eigenvalue weighted by atomic mass is 10.1. The van der Waals surface area contributed by atoms with Crippen LogP contribution in [0.25, 0.3) is 0 Å². The van der Waals surface area contributed by atoms with Crippen LogP contribution in [-0.2, 0) is 28.9 Å². The molecule has 3 aliphatic heterocycles. The molecular formula is C25H27FN4O4. The number of likely N-dealkylation sites (N-methyl/N-ethyl adjacent to an activating group) is 1. The van der Waals surface area contributed by atoms with Gasteiger partial charge in [0.25, 0.3) is 0 Å². The smallest absolute Gasteiger partial charge is 0.415 e. The number of anilines is 2. The average molecular weight is 467 g/mol. The van der Waals surface area contributed by atoms with E-state index in [0.717, 1.165) is 16.8 Å². The second kappa shape index (κ2) is 9.06. The lowest BCUT2D eigenvalue weighted by molar-refractivity contribution is -0.117. The minimum absolute atomic E-state index is 0.00558. The van der Waals surface area contributed by atoms with Crippen molar-refractivity contribution in [1.29, 1.82) is 0 Å². The summed E-state index contributed by atoms with van der Waals surface area (Å²) < 4.78 is 25.7. The number of hydrogen-bond donors (Lipinski definition) is 1. The molecular weight excluding hydrogens is 439 g/mol. The first-order valence-electron chi connectivity index (χ1n) is 11.5. The maximum Gasteiger partial charge on any atom is 0.415 e. The SMILES string of the molecule is C=C1COc2ccc(N3CC(CCNCc4c(F)ccc5c4N(CC)C(=O)C5)OC3=O)nc2C1. The average Bonchev–Trinajstić information content (AvgIpc) is 3.35. The van der Waals surface area contributed by atoms with Gasteiger partial charge in [0, 0.05) is 25.1 Å². The first kappa shape index (κ1) is 22.3. The third-order valence-electron chi connectivity index (χ3n) is 6.40. The van der Waals surface area contributed by atoms with E-state index in [0.29, 0.717) is 74.9 Å². The molecule has 3 aliphatic rings. The Labute approximate surface area is 197 Å². The number of rotatable bonds is 7. The number of nitrogens with one attached hydrogen (secondary N) is 1. The Morgan fingerprint density at radius 3 is 2.91 bits per heavy atom. The van der Waals surface area contributed by atoms with Crippen molar-refractivity contribution in [2.45, 2.75) is 38.8 Å². The summed E-state index contributed by atoms with van der Waals surface area (Å²) in [5, 5.41) is 3.24. The van der Waals surface area contributed by atoms with Crippen molar-refractivity contribution >= 4 is 23.5 Å². The van der Waals surface area contributed by atoms with Gasteiger partial charge in [0.2, 0.25) is 5.91 Å². The van der Waals surface area contributed by atoms with E-state index in [9.17, 15) is 14.0 Å². The number of carbonyl (C=O) groups is 2. The molecule has 1 aromatic heterocycles. The summed E-state index contributed by atoms with van der Waals surface area (Å²) in [6.45, 7) is 8.03. The molecule has 1 atom stereocenters. The van der Waals surface area contributed by atoms with Gasteiger partial charge in [-0.1, -0.05) is 12.6 Å². The first-order chi connectivity index (χ1) is 16.4. The fraction of sp³-hybridized carbons (Fsp3) is 0.400. The summed E-state index contributed by atoms with van der Waals surface area (Å²) in [7, 11) is 0.